The lowest BCUT2D eigenvalue weighted by molar-refractivity contribution is 0.0520. The summed E-state index contributed by atoms with van der Waals surface area (Å²) < 4.78 is 15.3. The summed E-state index contributed by atoms with van der Waals surface area (Å²) in [6, 6.07) is 4.87. The lowest BCUT2D eigenvalue weighted by atomic mass is 9.94. The van der Waals surface area contributed by atoms with Crippen molar-refractivity contribution < 1.29 is 23.8 Å². The number of nitrogens with zero attached hydrogens (tertiary/aromatic N) is 1. The molecule has 2 rings (SSSR count). The molecule has 0 aliphatic carbocycles. The van der Waals surface area contributed by atoms with Gasteiger partial charge in [-0.3, -0.25) is 4.98 Å². The van der Waals surface area contributed by atoms with Crippen molar-refractivity contribution in [1.82, 2.24) is 4.98 Å². The van der Waals surface area contributed by atoms with Crippen molar-refractivity contribution in [3.8, 4) is 23.5 Å². The molecule has 6 nitrogen and oxygen atoms in total. The molecule has 0 N–H and O–H groups in total. The number of rotatable bonds is 7. The van der Waals surface area contributed by atoms with Gasteiger partial charge in [-0.25, -0.2) is 9.59 Å². The molecule has 0 radical (unpaired) electrons. The summed E-state index contributed by atoms with van der Waals surface area (Å²) in [5.41, 5.74) is 0.874. The molecular formula is C20H17Cl2NO5. The minimum absolute atomic E-state index is 0.0238. The van der Waals surface area contributed by atoms with E-state index in [1.807, 2.05) is 0 Å². The second-order valence-corrected chi connectivity index (χ2v) is 6.16. The first-order chi connectivity index (χ1) is 13.5. The van der Waals surface area contributed by atoms with E-state index in [1.54, 1.807) is 25.1 Å². The fourth-order valence-electron chi connectivity index (χ4n) is 2.53. The van der Waals surface area contributed by atoms with Crippen LogP contribution in [0.4, 0.5) is 0 Å². The third kappa shape index (κ3) is 4.63. The number of hydrogen-bond acceptors (Lipinski definition) is 6. The van der Waals surface area contributed by atoms with Crippen molar-refractivity contribution in [3.63, 3.8) is 0 Å². The molecule has 1 aromatic carbocycles. The van der Waals surface area contributed by atoms with Crippen molar-refractivity contribution in [1.29, 1.82) is 0 Å². The Kier molecular flexibility index (Phi) is 7.82. The number of halogens is 2. The molecule has 146 valence electrons. The molecule has 0 aliphatic rings. The maximum Gasteiger partial charge on any atom is 0.340 e. The Morgan fingerprint density at radius 1 is 1.25 bits per heavy atom. The van der Waals surface area contributed by atoms with Crippen LogP contribution >= 0.6 is 23.2 Å². The van der Waals surface area contributed by atoms with Crippen LogP contribution in [0.15, 0.2) is 24.4 Å². The molecule has 0 amide bonds. The largest absolute Gasteiger partial charge is 0.465 e. The van der Waals surface area contributed by atoms with Crippen LogP contribution in [0.25, 0.3) is 11.1 Å². The van der Waals surface area contributed by atoms with Crippen LogP contribution in [0, 0.1) is 12.3 Å². The van der Waals surface area contributed by atoms with Gasteiger partial charge in [-0.2, -0.15) is 0 Å². The average Bonchev–Trinajstić information content (AvgIpc) is 2.69. The molecule has 0 unspecified atom stereocenters. The van der Waals surface area contributed by atoms with E-state index in [4.69, 9.17) is 43.8 Å². The van der Waals surface area contributed by atoms with Gasteiger partial charge in [0.2, 0.25) is 0 Å². The monoisotopic (exact) mass is 421 g/mol. The number of esters is 2. The van der Waals surface area contributed by atoms with Crippen LogP contribution in [0.5, 0.6) is 0 Å². The van der Waals surface area contributed by atoms with E-state index in [0.29, 0.717) is 5.56 Å². The first kappa shape index (κ1) is 21.7. The number of terminal acetylenes is 1. The summed E-state index contributed by atoms with van der Waals surface area (Å²) in [6.07, 6.45) is 6.48. The van der Waals surface area contributed by atoms with E-state index in [0.717, 1.165) is 0 Å². The van der Waals surface area contributed by atoms with Gasteiger partial charge in [0.15, 0.2) is 0 Å². The minimum atomic E-state index is -0.694. The molecule has 0 aliphatic heterocycles. The molecule has 0 atom stereocenters. The SMILES string of the molecule is C#CCOCc1ncc(C(=O)OC)c(-c2cccc(Cl)c2Cl)c1C(=O)OCC. The lowest BCUT2D eigenvalue weighted by Gasteiger charge is -2.17. The Labute approximate surface area is 172 Å². The highest BCUT2D eigenvalue weighted by Gasteiger charge is 2.28. The van der Waals surface area contributed by atoms with Gasteiger partial charge >= 0.3 is 11.9 Å². The summed E-state index contributed by atoms with van der Waals surface area (Å²) >= 11 is 12.5. The number of benzene rings is 1. The zero-order chi connectivity index (χ0) is 20.7. The van der Waals surface area contributed by atoms with Crippen molar-refractivity contribution in [3.05, 3.63) is 51.3 Å². The van der Waals surface area contributed by atoms with Gasteiger partial charge in [0, 0.05) is 17.3 Å². The van der Waals surface area contributed by atoms with E-state index in [1.165, 1.54) is 13.3 Å². The van der Waals surface area contributed by atoms with Gasteiger partial charge in [-0.15, -0.1) is 6.42 Å². The maximum atomic E-state index is 12.8. The summed E-state index contributed by atoms with van der Waals surface area (Å²) in [5.74, 6) is 0.952. The molecule has 0 spiro atoms. The molecule has 1 heterocycles. The summed E-state index contributed by atoms with van der Waals surface area (Å²) in [5, 5.41) is 0.424. The van der Waals surface area contributed by atoms with Crippen LogP contribution in [0.1, 0.15) is 33.3 Å². The molecule has 0 saturated carbocycles. The lowest BCUT2D eigenvalue weighted by Crippen LogP contribution is -2.17. The minimum Gasteiger partial charge on any atom is -0.465 e. The van der Waals surface area contributed by atoms with Crippen molar-refractivity contribution in [2.24, 2.45) is 0 Å². The molecular weight excluding hydrogens is 405 g/mol. The Morgan fingerprint density at radius 2 is 2.00 bits per heavy atom. The summed E-state index contributed by atoms with van der Waals surface area (Å²) in [4.78, 5) is 29.3. The van der Waals surface area contributed by atoms with Crippen molar-refractivity contribution in [2.75, 3.05) is 20.3 Å². The Bertz CT molecular complexity index is 937. The van der Waals surface area contributed by atoms with E-state index in [2.05, 4.69) is 10.9 Å². The van der Waals surface area contributed by atoms with Gasteiger partial charge < -0.3 is 14.2 Å². The quantitative estimate of drug-likeness (QED) is 0.379. The van der Waals surface area contributed by atoms with Gasteiger partial charge in [-0.05, 0) is 13.0 Å². The zero-order valence-corrected chi connectivity index (χ0v) is 16.8. The predicted octanol–water partition coefficient (Wildman–Crippen LogP) is 4.17. The van der Waals surface area contributed by atoms with E-state index in [9.17, 15) is 9.59 Å². The molecule has 1 aromatic heterocycles. The van der Waals surface area contributed by atoms with Crippen LogP contribution in [-0.2, 0) is 20.8 Å². The number of carbonyl (C=O) groups is 2. The average molecular weight is 422 g/mol. The second kappa shape index (κ2) is 10.1. The first-order valence-electron chi connectivity index (χ1n) is 8.19. The fraction of sp³-hybridized carbons (Fsp3) is 0.250. The van der Waals surface area contributed by atoms with Gasteiger partial charge in [0.25, 0.3) is 0 Å². The normalized spacial score (nSPS) is 10.2. The molecule has 2 aromatic rings. The van der Waals surface area contributed by atoms with E-state index >= 15 is 0 Å². The molecule has 8 heteroatoms. The number of carbonyl (C=O) groups excluding carboxylic acids is 2. The zero-order valence-electron chi connectivity index (χ0n) is 15.3. The van der Waals surface area contributed by atoms with Gasteiger partial charge in [0.1, 0.15) is 6.61 Å². The number of ether oxygens (including phenoxy) is 3. The van der Waals surface area contributed by atoms with Crippen LogP contribution in [0.2, 0.25) is 10.0 Å². The number of pyridine rings is 1. The van der Waals surface area contributed by atoms with Crippen LogP contribution < -0.4 is 0 Å². The fourth-order valence-corrected chi connectivity index (χ4v) is 2.93. The molecule has 0 bridgehead atoms. The number of methoxy groups -OCH3 is 1. The highest BCUT2D eigenvalue weighted by Crippen LogP contribution is 2.38. The van der Waals surface area contributed by atoms with Crippen molar-refractivity contribution >= 4 is 35.1 Å². The van der Waals surface area contributed by atoms with Gasteiger partial charge in [-0.1, -0.05) is 41.3 Å². The standard InChI is InChI=1S/C20H17Cl2NO5/c1-4-9-27-11-15-17(20(25)28-5-2)16(13(10-23-15)19(24)26-3)12-7-6-8-14(21)18(12)22/h1,6-8,10H,5,9,11H2,2-3H3. The Morgan fingerprint density at radius 3 is 2.64 bits per heavy atom. The highest BCUT2D eigenvalue weighted by atomic mass is 35.5. The number of hydrogen-bond donors (Lipinski definition) is 0. The number of aromatic nitrogens is 1. The van der Waals surface area contributed by atoms with Crippen LogP contribution in [-0.4, -0.2) is 37.2 Å². The van der Waals surface area contributed by atoms with E-state index in [-0.39, 0.29) is 52.3 Å². The van der Waals surface area contributed by atoms with Crippen LogP contribution in [0.3, 0.4) is 0 Å². The smallest absolute Gasteiger partial charge is 0.340 e. The maximum absolute atomic E-state index is 12.8. The highest BCUT2D eigenvalue weighted by molar-refractivity contribution is 6.44. The first-order valence-corrected chi connectivity index (χ1v) is 8.94. The predicted molar refractivity (Wildman–Crippen MR) is 105 cm³/mol. The third-order valence-corrected chi connectivity index (χ3v) is 4.51. The summed E-state index contributed by atoms with van der Waals surface area (Å²) in [6.45, 7) is 1.74. The third-order valence-electron chi connectivity index (χ3n) is 3.69. The second-order valence-electron chi connectivity index (χ2n) is 5.38. The summed E-state index contributed by atoms with van der Waals surface area (Å²) in [7, 11) is 1.22. The topological polar surface area (TPSA) is 74.7 Å². The molecule has 0 saturated heterocycles. The van der Waals surface area contributed by atoms with Gasteiger partial charge in [0.05, 0.1) is 47.2 Å². The molecule has 0 fully saturated rings. The molecule has 28 heavy (non-hydrogen) atoms. The Balaban J connectivity index is 2.83. The van der Waals surface area contributed by atoms with E-state index < -0.39 is 11.9 Å². The Hall–Kier alpha value is -2.59. The van der Waals surface area contributed by atoms with Crippen molar-refractivity contribution in [2.45, 2.75) is 13.5 Å².